The molecule has 0 saturated carbocycles. The minimum atomic E-state index is 0. The minimum absolute atomic E-state index is 0. The molecule has 0 unspecified atom stereocenters. The van der Waals surface area contributed by atoms with Gasteiger partial charge in [0.25, 0.3) is 0 Å². The maximum absolute atomic E-state index is 5.41. The maximum atomic E-state index is 5.41. The van der Waals surface area contributed by atoms with Crippen LogP contribution in [0.15, 0.2) is 22.6 Å². The summed E-state index contributed by atoms with van der Waals surface area (Å²) < 4.78 is 5.36. The SMILES string of the molecule is Cc1cccc2oc(CN)nc12.Cl. The topological polar surface area (TPSA) is 52.0 Å². The highest BCUT2D eigenvalue weighted by atomic mass is 35.5. The lowest BCUT2D eigenvalue weighted by Gasteiger charge is -1.88. The Bertz CT molecular complexity index is 411. The molecule has 0 aliphatic heterocycles. The first-order valence-electron chi connectivity index (χ1n) is 3.86. The van der Waals surface area contributed by atoms with Crippen molar-refractivity contribution in [1.82, 2.24) is 4.98 Å². The van der Waals surface area contributed by atoms with Gasteiger partial charge in [-0.3, -0.25) is 0 Å². The number of nitrogens with two attached hydrogens (primary N) is 1. The average Bonchev–Trinajstić information content (AvgIpc) is 2.49. The standard InChI is InChI=1S/C9H10N2O.ClH/c1-6-3-2-4-7-9(6)11-8(5-10)12-7;/h2-4H,5,10H2,1H3;1H. The highest BCUT2D eigenvalue weighted by Crippen LogP contribution is 2.18. The summed E-state index contributed by atoms with van der Waals surface area (Å²) in [5.74, 6) is 0.597. The van der Waals surface area contributed by atoms with Gasteiger partial charge in [-0.2, -0.15) is 0 Å². The lowest BCUT2D eigenvalue weighted by atomic mass is 10.2. The molecule has 0 spiro atoms. The second kappa shape index (κ2) is 3.77. The lowest BCUT2D eigenvalue weighted by molar-refractivity contribution is 0.533. The van der Waals surface area contributed by atoms with Crippen LogP contribution in [0.5, 0.6) is 0 Å². The van der Waals surface area contributed by atoms with Crippen LogP contribution in [0, 0.1) is 6.92 Å². The Kier molecular flexibility index (Phi) is 2.90. The molecule has 2 aromatic rings. The number of hydrogen-bond donors (Lipinski definition) is 1. The summed E-state index contributed by atoms with van der Waals surface area (Å²) in [5, 5.41) is 0. The van der Waals surface area contributed by atoms with E-state index in [-0.39, 0.29) is 12.4 Å². The number of rotatable bonds is 1. The monoisotopic (exact) mass is 198 g/mol. The van der Waals surface area contributed by atoms with Gasteiger partial charge in [0, 0.05) is 0 Å². The zero-order valence-corrected chi connectivity index (χ0v) is 8.10. The molecule has 13 heavy (non-hydrogen) atoms. The third-order valence-corrected chi connectivity index (χ3v) is 1.84. The van der Waals surface area contributed by atoms with Gasteiger partial charge in [-0.05, 0) is 18.6 Å². The number of nitrogens with zero attached hydrogens (tertiary/aromatic N) is 1. The summed E-state index contributed by atoms with van der Waals surface area (Å²) in [6, 6.07) is 5.85. The van der Waals surface area contributed by atoms with Gasteiger partial charge in [0.05, 0.1) is 6.54 Å². The number of halogens is 1. The van der Waals surface area contributed by atoms with Gasteiger partial charge in [0.1, 0.15) is 5.52 Å². The van der Waals surface area contributed by atoms with Crippen LogP contribution in [0.4, 0.5) is 0 Å². The largest absolute Gasteiger partial charge is 0.439 e. The van der Waals surface area contributed by atoms with Crippen LogP contribution in [0.25, 0.3) is 11.1 Å². The Morgan fingerprint density at radius 2 is 2.23 bits per heavy atom. The Morgan fingerprint density at radius 3 is 2.85 bits per heavy atom. The normalized spacial score (nSPS) is 10.0. The van der Waals surface area contributed by atoms with Gasteiger partial charge in [-0.1, -0.05) is 12.1 Å². The van der Waals surface area contributed by atoms with Crippen molar-refractivity contribution in [2.75, 3.05) is 0 Å². The molecule has 0 bridgehead atoms. The van der Waals surface area contributed by atoms with Crippen molar-refractivity contribution < 1.29 is 4.42 Å². The highest BCUT2D eigenvalue weighted by Gasteiger charge is 2.04. The molecule has 3 nitrogen and oxygen atoms in total. The molecule has 1 aromatic carbocycles. The number of hydrogen-bond acceptors (Lipinski definition) is 3. The Balaban J connectivity index is 0.000000845. The Hall–Kier alpha value is -1.06. The zero-order chi connectivity index (χ0) is 8.55. The number of oxazole rings is 1. The fourth-order valence-electron chi connectivity index (χ4n) is 1.22. The van der Waals surface area contributed by atoms with Crippen LogP contribution in [0.1, 0.15) is 11.5 Å². The fourth-order valence-corrected chi connectivity index (χ4v) is 1.22. The molecule has 1 heterocycles. The van der Waals surface area contributed by atoms with Gasteiger partial charge in [0.2, 0.25) is 5.89 Å². The van der Waals surface area contributed by atoms with Crippen molar-refractivity contribution in [2.24, 2.45) is 5.73 Å². The molecule has 2 N–H and O–H groups in total. The molecule has 0 amide bonds. The summed E-state index contributed by atoms with van der Waals surface area (Å²) in [6.07, 6.45) is 0. The van der Waals surface area contributed by atoms with E-state index in [0.717, 1.165) is 16.7 Å². The first-order chi connectivity index (χ1) is 5.81. The third-order valence-electron chi connectivity index (χ3n) is 1.84. The van der Waals surface area contributed by atoms with E-state index in [0.29, 0.717) is 12.4 Å². The summed E-state index contributed by atoms with van der Waals surface area (Å²) >= 11 is 0. The van der Waals surface area contributed by atoms with Crippen molar-refractivity contribution in [3.05, 3.63) is 29.7 Å². The molecule has 4 heteroatoms. The van der Waals surface area contributed by atoms with Crippen molar-refractivity contribution in [2.45, 2.75) is 13.5 Å². The minimum Gasteiger partial charge on any atom is -0.439 e. The summed E-state index contributed by atoms with van der Waals surface area (Å²) in [7, 11) is 0. The van der Waals surface area contributed by atoms with Gasteiger partial charge in [-0.15, -0.1) is 12.4 Å². The van der Waals surface area contributed by atoms with Crippen LogP contribution in [-0.4, -0.2) is 4.98 Å². The van der Waals surface area contributed by atoms with Crippen molar-refractivity contribution >= 4 is 23.5 Å². The number of para-hydroxylation sites is 1. The van der Waals surface area contributed by atoms with Crippen LogP contribution >= 0.6 is 12.4 Å². The van der Waals surface area contributed by atoms with E-state index in [9.17, 15) is 0 Å². The Morgan fingerprint density at radius 1 is 1.46 bits per heavy atom. The quantitative estimate of drug-likeness (QED) is 0.763. The third kappa shape index (κ3) is 1.66. The van der Waals surface area contributed by atoms with Gasteiger partial charge in [0.15, 0.2) is 5.58 Å². The first kappa shape index (κ1) is 10.0. The predicted octanol–water partition coefficient (Wildman–Crippen LogP) is 2.02. The number of benzene rings is 1. The molecule has 0 saturated heterocycles. The fraction of sp³-hybridized carbons (Fsp3) is 0.222. The van der Waals surface area contributed by atoms with Crippen molar-refractivity contribution in [3.8, 4) is 0 Å². The highest BCUT2D eigenvalue weighted by molar-refractivity contribution is 5.85. The summed E-state index contributed by atoms with van der Waals surface area (Å²) in [5.41, 5.74) is 8.26. The van der Waals surface area contributed by atoms with Crippen LogP contribution in [0.3, 0.4) is 0 Å². The van der Waals surface area contributed by atoms with Crippen LogP contribution < -0.4 is 5.73 Å². The smallest absolute Gasteiger partial charge is 0.209 e. The van der Waals surface area contributed by atoms with Gasteiger partial charge in [-0.25, -0.2) is 4.98 Å². The number of aryl methyl sites for hydroxylation is 1. The molecule has 1 aromatic heterocycles. The van der Waals surface area contributed by atoms with Crippen molar-refractivity contribution in [1.29, 1.82) is 0 Å². The molecular formula is C9H11ClN2O. The van der Waals surface area contributed by atoms with Crippen LogP contribution in [0.2, 0.25) is 0 Å². The van der Waals surface area contributed by atoms with E-state index >= 15 is 0 Å². The molecule has 0 fully saturated rings. The van der Waals surface area contributed by atoms with E-state index in [1.165, 1.54) is 0 Å². The van der Waals surface area contributed by atoms with Gasteiger partial charge < -0.3 is 10.2 Å². The molecule has 0 aliphatic rings. The molecule has 2 rings (SSSR count). The molecule has 70 valence electrons. The molecule has 0 radical (unpaired) electrons. The summed E-state index contributed by atoms with van der Waals surface area (Å²) in [4.78, 5) is 4.24. The first-order valence-corrected chi connectivity index (χ1v) is 3.86. The average molecular weight is 199 g/mol. The molecular weight excluding hydrogens is 188 g/mol. The number of aromatic nitrogens is 1. The summed E-state index contributed by atoms with van der Waals surface area (Å²) in [6.45, 7) is 2.36. The molecule has 0 aliphatic carbocycles. The number of fused-ring (bicyclic) bond motifs is 1. The van der Waals surface area contributed by atoms with E-state index in [2.05, 4.69) is 4.98 Å². The van der Waals surface area contributed by atoms with E-state index in [1.807, 2.05) is 25.1 Å². The lowest BCUT2D eigenvalue weighted by Crippen LogP contribution is -1.95. The van der Waals surface area contributed by atoms with E-state index in [4.69, 9.17) is 10.2 Å². The second-order valence-electron chi connectivity index (χ2n) is 2.73. The van der Waals surface area contributed by atoms with Gasteiger partial charge >= 0.3 is 0 Å². The maximum Gasteiger partial charge on any atom is 0.209 e. The predicted molar refractivity (Wildman–Crippen MR) is 53.9 cm³/mol. The van der Waals surface area contributed by atoms with Crippen LogP contribution in [-0.2, 0) is 6.54 Å². The Labute approximate surface area is 82.3 Å². The van der Waals surface area contributed by atoms with E-state index in [1.54, 1.807) is 0 Å². The van der Waals surface area contributed by atoms with Crippen molar-refractivity contribution in [3.63, 3.8) is 0 Å². The zero-order valence-electron chi connectivity index (χ0n) is 7.28. The second-order valence-corrected chi connectivity index (χ2v) is 2.73. The van der Waals surface area contributed by atoms with E-state index < -0.39 is 0 Å². The molecule has 0 atom stereocenters.